The number of amides is 1. The number of carbonyl (C=O) groups excluding carboxylic acids is 1. The highest BCUT2D eigenvalue weighted by Gasteiger charge is 2.17. The molecule has 0 aliphatic rings. The molecule has 2 heterocycles. The maximum absolute atomic E-state index is 13.0. The molecular formula is C24H25N5O2. The predicted octanol–water partition coefficient (Wildman–Crippen LogP) is 4.48. The SMILES string of the molecule is CCCCc1nc(NC(=O)c2ccccc2OC)c2cn(Cc3ccccc3)nc2n1. The Balaban J connectivity index is 1.70. The van der Waals surface area contributed by atoms with E-state index in [1.54, 1.807) is 25.3 Å². The number of benzene rings is 2. The van der Waals surface area contributed by atoms with Gasteiger partial charge in [-0.05, 0) is 24.1 Å². The van der Waals surface area contributed by atoms with Crippen LogP contribution in [0.3, 0.4) is 0 Å². The number of nitrogens with zero attached hydrogens (tertiary/aromatic N) is 4. The monoisotopic (exact) mass is 415 g/mol. The predicted molar refractivity (Wildman–Crippen MR) is 120 cm³/mol. The Labute approximate surface area is 181 Å². The van der Waals surface area contributed by atoms with Gasteiger partial charge in [-0.25, -0.2) is 9.97 Å². The van der Waals surface area contributed by atoms with Gasteiger partial charge in [-0.3, -0.25) is 9.48 Å². The molecule has 0 atom stereocenters. The molecule has 7 heteroatoms. The molecule has 1 amide bonds. The number of ether oxygens (including phenoxy) is 1. The average molecular weight is 415 g/mol. The molecule has 0 radical (unpaired) electrons. The summed E-state index contributed by atoms with van der Waals surface area (Å²) in [5.74, 6) is 1.37. The van der Waals surface area contributed by atoms with E-state index in [4.69, 9.17) is 4.74 Å². The fourth-order valence-electron chi connectivity index (χ4n) is 3.40. The van der Waals surface area contributed by atoms with Crippen LogP contribution in [0.15, 0.2) is 60.8 Å². The molecule has 31 heavy (non-hydrogen) atoms. The van der Waals surface area contributed by atoms with Gasteiger partial charge in [0.1, 0.15) is 17.4 Å². The van der Waals surface area contributed by atoms with Crippen molar-refractivity contribution >= 4 is 22.8 Å². The number of unbranched alkanes of at least 4 members (excludes halogenated alkanes) is 1. The molecular weight excluding hydrogens is 390 g/mol. The summed E-state index contributed by atoms with van der Waals surface area (Å²) >= 11 is 0. The van der Waals surface area contributed by atoms with Crippen LogP contribution in [-0.2, 0) is 13.0 Å². The van der Waals surface area contributed by atoms with Crippen LogP contribution in [0, 0.1) is 0 Å². The Morgan fingerprint density at radius 1 is 1.06 bits per heavy atom. The van der Waals surface area contributed by atoms with Gasteiger partial charge in [0.15, 0.2) is 5.65 Å². The second kappa shape index (κ2) is 9.38. The number of carbonyl (C=O) groups is 1. The summed E-state index contributed by atoms with van der Waals surface area (Å²) in [6, 6.07) is 17.2. The minimum atomic E-state index is -0.283. The van der Waals surface area contributed by atoms with Crippen LogP contribution in [0.25, 0.3) is 11.0 Å². The molecule has 158 valence electrons. The standard InChI is InChI=1S/C24H25N5O2/c1-3-4-14-21-25-22(27-24(30)18-12-8-9-13-20(18)31-2)19-16-29(28-23(19)26-21)15-17-10-6-5-7-11-17/h5-13,16H,3-4,14-15H2,1-2H3,(H,25,26,27,28,30). The van der Waals surface area contributed by atoms with E-state index in [-0.39, 0.29) is 5.91 Å². The van der Waals surface area contributed by atoms with E-state index in [0.717, 1.165) is 24.8 Å². The van der Waals surface area contributed by atoms with Crippen LogP contribution in [-0.4, -0.2) is 32.8 Å². The number of methoxy groups -OCH3 is 1. The molecule has 1 N–H and O–H groups in total. The van der Waals surface area contributed by atoms with E-state index >= 15 is 0 Å². The zero-order valence-corrected chi connectivity index (χ0v) is 17.7. The summed E-state index contributed by atoms with van der Waals surface area (Å²) in [4.78, 5) is 22.3. The van der Waals surface area contributed by atoms with Crippen LogP contribution < -0.4 is 10.1 Å². The summed E-state index contributed by atoms with van der Waals surface area (Å²) in [5, 5.41) is 8.30. The molecule has 0 saturated carbocycles. The van der Waals surface area contributed by atoms with E-state index in [0.29, 0.717) is 40.5 Å². The highest BCUT2D eigenvalue weighted by molar-refractivity contribution is 6.08. The summed E-state index contributed by atoms with van der Waals surface area (Å²) in [6.07, 6.45) is 4.61. The molecule has 0 bridgehead atoms. The third-order valence-corrected chi connectivity index (χ3v) is 5.00. The van der Waals surface area contributed by atoms with Gasteiger partial charge in [-0.2, -0.15) is 5.10 Å². The fourth-order valence-corrected chi connectivity index (χ4v) is 3.40. The van der Waals surface area contributed by atoms with Gasteiger partial charge < -0.3 is 10.1 Å². The normalized spacial score (nSPS) is 10.9. The van der Waals surface area contributed by atoms with Crippen molar-refractivity contribution in [1.29, 1.82) is 0 Å². The summed E-state index contributed by atoms with van der Waals surface area (Å²) < 4.78 is 7.16. The Morgan fingerprint density at radius 2 is 1.84 bits per heavy atom. The van der Waals surface area contributed by atoms with E-state index < -0.39 is 0 Å². The van der Waals surface area contributed by atoms with Gasteiger partial charge in [0, 0.05) is 12.6 Å². The van der Waals surface area contributed by atoms with Crippen molar-refractivity contribution in [3.8, 4) is 5.75 Å². The fraction of sp³-hybridized carbons (Fsp3) is 0.250. The number of hydrogen-bond acceptors (Lipinski definition) is 5. The highest BCUT2D eigenvalue weighted by atomic mass is 16.5. The number of nitrogens with one attached hydrogen (secondary N) is 1. The van der Waals surface area contributed by atoms with Crippen molar-refractivity contribution in [2.24, 2.45) is 0 Å². The average Bonchev–Trinajstić information content (AvgIpc) is 3.20. The van der Waals surface area contributed by atoms with Crippen LogP contribution in [0.5, 0.6) is 5.75 Å². The lowest BCUT2D eigenvalue weighted by atomic mass is 10.2. The smallest absolute Gasteiger partial charge is 0.260 e. The first-order chi connectivity index (χ1) is 15.2. The zero-order chi connectivity index (χ0) is 21.6. The number of rotatable bonds is 8. The number of aromatic nitrogens is 4. The second-order valence-electron chi connectivity index (χ2n) is 7.30. The first-order valence-corrected chi connectivity index (χ1v) is 10.4. The second-order valence-corrected chi connectivity index (χ2v) is 7.30. The zero-order valence-electron chi connectivity index (χ0n) is 17.7. The molecule has 2 aromatic heterocycles. The van der Waals surface area contributed by atoms with Crippen LogP contribution in [0.4, 0.5) is 5.82 Å². The number of aryl methyl sites for hydroxylation is 1. The van der Waals surface area contributed by atoms with Crippen molar-refractivity contribution in [2.45, 2.75) is 32.7 Å². The number of anilines is 1. The van der Waals surface area contributed by atoms with Gasteiger partial charge in [0.25, 0.3) is 5.91 Å². The van der Waals surface area contributed by atoms with Crippen molar-refractivity contribution < 1.29 is 9.53 Å². The van der Waals surface area contributed by atoms with Crippen LogP contribution >= 0.6 is 0 Å². The quantitative estimate of drug-likeness (QED) is 0.459. The van der Waals surface area contributed by atoms with E-state index in [2.05, 4.69) is 39.4 Å². The third kappa shape index (κ3) is 4.71. The first-order valence-electron chi connectivity index (χ1n) is 10.4. The third-order valence-electron chi connectivity index (χ3n) is 5.00. The van der Waals surface area contributed by atoms with E-state index in [1.807, 2.05) is 35.1 Å². The van der Waals surface area contributed by atoms with Gasteiger partial charge in [0.05, 0.1) is 24.6 Å². The van der Waals surface area contributed by atoms with Crippen molar-refractivity contribution in [2.75, 3.05) is 12.4 Å². The maximum Gasteiger partial charge on any atom is 0.260 e. The molecule has 0 saturated heterocycles. The van der Waals surface area contributed by atoms with Gasteiger partial charge >= 0.3 is 0 Å². The molecule has 0 fully saturated rings. The van der Waals surface area contributed by atoms with E-state index in [1.165, 1.54) is 0 Å². The molecule has 4 rings (SSSR count). The molecule has 2 aromatic carbocycles. The van der Waals surface area contributed by atoms with Crippen molar-refractivity contribution in [3.63, 3.8) is 0 Å². The largest absolute Gasteiger partial charge is 0.496 e. The van der Waals surface area contributed by atoms with E-state index in [9.17, 15) is 4.79 Å². The Kier molecular flexibility index (Phi) is 6.21. The highest BCUT2D eigenvalue weighted by Crippen LogP contribution is 2.24. The number of fused-ring (bicyclic) bond motifs is 1. The topological polar surface area (TPSA) is 81.9 Å². The molecule has 4 aromatic rings. The summed E-state index contributed by atoms with van der Waals surface area (Å²) in [5.41, 5.74) is 2.16. The molecule has 0 aliphatic carbocycles. The maximum atomic E-state index is 13.0. The molecule has 7 nitrogen and oxygen atoms in total. The lowest BCUT2D eigenvalue weighted by Crippen LogP contribution is -2.15. The van der Waals surface area contributed by atoms with Crippen molar-refractivity contribution in [3.05, 3.63) is 77.7 Å². The van der Waals surface area contributed by atoms with Gasteiger partial charge in [-0.15, -0.1) is 0 Å². The Bertz CT molecular complexity index is 1190. The lowest BCUT2D eigenvalue weighted by molar-refractivity contribution is 0.102. The van der Waals surface area contributed by atoms with Crippen LogP contribution in [0.1, 0.15) is 41.5 Å². The summed E-state index contributed by atoms with van der Waals surface area (Å²) in [6.45, 7) is 2.73. The first kappa shape index (κ1) is 20.5. The number of para-hydroxylation sites is 1. The Morgan fingerprint density at radius 3 is 2.61 bits per heavy atom. The molecule has 0 aliphatic heterocycles. The van der Waals surface area contributed by atoms with Crippen LogP contribution in [0.2, 0.25) is 0 Å². The summed E-state index contributed by atoms with van der Waals surface area (Å²) in [7, 11) is 1.55. The minimum absolute atomic E-state index is 0.283. The lowest BCUT2D eigenvalue weighted by Gasteiger charge is -2.10. The molecule has 0 spiro atoms. The Hall–Kier alpha value is -3.74. The molecule has 0 unspecified atom stereocenters. The van der Waals surface area contributed by atoms with Gasteiger partial charge in [0.2, 0.25) is 0 Å². The van der Waals surface area contributed by atoms with Gasteiger partial charge in [-0.1, -0.05) is 55.8 Å². The number of hydrogen-bond donors (Lipinski definition) is 1. The van der Waals surface area contributed by atoms with Crippen molar-refractivity contribution in [1.82, 2.24) is 19.7 Å². The minimum Gasteiger partial charge on any atom is -0.496 e.